The number of hydrogen-bond donors (Lipinski definition) is 1. The van der Waals surface area contributed by atoms with Gasteiger partial charge in [0, 0.05) is 24.1 Å². The first-order valence-electron chi connectivity index (χ1n) is 6.80. The van der Waals surface area contributed by atoms with Crippen molar-refractivity contribution < 1.29 is 13.2 Å². The molecule has 0 radical (unpaired) electrons. The van der Waals surface area contributed by atoms with Gasteiger partial charge in [0.25, 0.3) is 0 Å². The number of aromatic nitrogens is 2. The predicted molar refractivity (Wildman–Crippen MR) is 80.7 cm³/mol. The number of sulfonamides is 1. The number of carbonyl (C=O) groups excluding carboxylic acids is 1. The Hall–Kier alpha value is -2.19. The first-order valence-corrected chi connectivity index (χ1v) is 8.34. The number of hydrogen-bond acceptors (Lipinski definition) is 4. The number of anilines is 1. The Morgan fingerprint density at radius 2 is 2.23 bits per heavy atom. The van der Waals surface area contributed by atoms with Gasteiger partial charge in [-0.3, -0.25) is 4.79 Å². The Morgan fingerprint density at radius 3 is 2.86 bits per heavy atom. The van der Waals surface area contributed by atoms with Gasteiger partial charge in [0.15, 0.2) is 0 Å². The molecule has 0 aliphatic carbocycles. The van der Waals surface area contributed by atoms with Crippen molar-refractivity contribution in [2.24, 2.45) is 5.14 Å². The highest BCUT2D eigenvalue weighted by Gasteiger charge is 2.31. The molecule has 0 spiro atoms. The Labute approximate surface area is 128 Å². The SMILES string of the molecule is CC1Cc2cc(S(N)(=O)=O)ccc2N1C(=O)Cn1ccnc1. The smallest absolute Gasteiger partial charge is 0.247 e. The Bertz CT molecular complexity index is 815. The normalized spacial score (nSPS) is 17.5. The molecular weight excluding hydrogens is 304 g/mol. The fourth-order valence-corrected chi connectivity index (χ4v) is 3.34. The van der Waals surface area contributed by atoms with Crippen LogP contribution in [0.1, 0.15) is 12.5 Å². The van der Waals surface area contributed by atoms with Gasteiger partial charge in [-0.25, -0.2) is 18.5 Å². The van der Waals surface area contributed by atoms with E-state index < -0.39 is 10.0 Å². The van der Waals surface area contributed by atoms with Crippen LogP contribution in [0.25, 0.3) is 0 Å². The van der Waals surface area contributed by atoms with Gasteiger partial charge in [-0.1, -0.05) is 0 Å². The summed E-state index contributed by atoms with van der Waals surface area (Å²) < 4.78 is 24.6. The van der Waals surface area contributed by atoms with Crippen molar-refractivity contribution in [3.63, 3.8) is 0 Å². The molecule has 7 nitrogen and oxygen atoms in total. The molecule has 2 heterocycles. The van der Waals surface area contributed by atoms with Crippen molar-refractivity contribution in [3.8, 4) is 0 Å². The van der Waals surface area contributed by atoms with Crippen LogP contribution in [0.5, 0.6) is 0 Å². The molecule has 1 atom stereocenters. The van der Waals surface area contributed by atoms with Crippen molar-refractivity contribution in [2.45, 2.75) is 30.8 Å². The lowest BCUT2D eigenvalue weighted by atomic mass is 10.1. The van der Waals surface area contributed by atoms with E-state index >= 15 is 0 Å². The van der Waals surface area contributed by atoms with Gasteiger partial charge in [0.1, 0.15) is 6.54 Å². The first kappa shape index (κ1) is 14.7. The van der Waals surface area contributed by atoms with Gasteiger partial charge in [-0.05, 0) is 37.1 Å². The van der Waals surface area contributed by atoms with Crippen LogP contribution in [0.2, 0.25) is 0 Å². The van der Waals surface area contributed by atoms with E-state index in [1.165, 1.54) is 6.07 Å². The molecule has 3 rings (SSSR count). The highest BCUT2D eigenvalue weighted by atomic mass is 32.2. The van der Waals surface area contributed by atoms with Crippen molar-refractivity contribution in [1.29, 1.82) is 0 Å². The van der Waals surface area contributed by atoms with Crippen molar-refractivity contribution >= 4 is 21.6 Å². The molecule has 0 saturated carbocycles. The average molecular weight is 320 g/mol. The minimum absolute atomic E-state index is 0.0262. The minimum Gasteiger partial charge on any atom is -0.328 e. The number of nitrogens with zero attached hydrogens (tertiary/aromatic N) is 3. The van der Waals surface area contributed by atoms with E-state index in [0.717, 1.165) is 11.3 Å². The Balaban J connectivity index is 1.91. The predicted octanol–water partition coefficient (Wildman–Crippen LogP) is 0.508. The lowest BCUT2D eigenvalue weighted by molar-refractivity contribution is -0.119. The van der Waals surface area contributed by atoms with E-state index in [1.807, 2.05) is 6.92 Å². The third kappa shape index (κ3) is 2.62. The maximum absolute atomic E-state index is 12.5. The maximum Gasteiger partial charge on any atom is 0.247 e. The summed E-state index contributed by atoms with van der Waals surface area (Å²) in [6.45, 7) is 2.13. The fraction of sp³-hybridized carbons (Fsp3) is 0.286. The van der Waals surface area contributed by atoms with E-state index in [0.29, 0.717) is 6.42 Å². The van der Waals surface area contributed by atoms with Crippen LogP contribution in [0.15, 0.2) is 41.8 Å². The van der Waals surface area contributed by atoms with Gasteiger partial charge in [-0.15, -0.1) is 0 Å². The summed E-state index contributed by atoms with van der Waals surface area (Å²) >= 11 is 0. The summed E-state index contributed by atoms with van der Waals surface area (Å²) in [4.78, 5) is 18.2. The molecule has 1 aliphatic heterocycles. The zero-order valence-electron chi connectivity index (χ0n) is 12.0. The quantitative estimate of drug-likeness (QED) is 0.890. The maximum atomic E-state index is 12.5. The summed E-state index contributed by atoms with van der Waals surface area (Å²) in [5.41, 5.74) is 1.56. The number of imidazole rings is 1. The summed E-state index contributed by atoms with van der Waals surface area (Å²) in [5, 5.41) is 5.15. The van der Waals surface area contributed by atoms with E-state index in [9.17, 15) is 13.2 Å². The molecule has 1 aromatic heterocycles. The third-order valence-electron chi connectivity index (χ3n) is 3.74. The largest absolute Gasteiger partial charge is 0.328 e. The summed E-state index contributed by atoms with van der Waals surface area (Å²) in [7, 11) is -3.74. The summed E-state index contributed by atoms with van der Waals surface area (Å²) in [6.07, 6.45) is 5.54. The number of carbonyl (C=O) groups is 1. The number of amides is 1. The number of benzene rings is 1. The molecule has 0 bridgehead atoms. The third-order valence-corrected chi connectivity index (χ3v) is 4.65. The van der Waals surface area contributed by atoms with E-state index in [2.05, 4.69) is 4.98 Å². The Morgan fingerprint density at radius 1 is 1.45 bits per heavy atom. The van der Waals surface area contributed by atoms with Crippen LogP contribution >= 0.6 is 0 Å². The first-order chi connectivity index (χ1) is 10.4. The summed E-state index contributed by atoms with van der Waals surface area (Å²) in [5.74, 6) is -0.0624. The second kappa shape index (κ2) is 5.22. The van der Waals surface area contributed by atoms with Crippen LogP contribution in [0, 0.1) is 0 Å². The standard InChI is InChI=1S/C14H16N4O3S/c1-10-6-11-7-12(22(15,20)21)2-3-13(11)18(10)14(19)8-17-5-4-16-9-17/h2-5,7,9-10H,6,8H2,1H3,(H2,15,20,21). The molecule has 2 N–H and O–H groups in total. The molecule has 22 heavy (non-hydrogen) atoms. The van der Waals surface area contributed by atoms with Gasteiger partial charge >= 0.3 is 0 Å². The van der Waals surface area contributed by atoms with Crippen LogP contribution in [-0.2, 0) is 27.8 Å². The summed E-state index contributed by atoms with van der Waals surface area (Å²) in [6, 6.07) is 4.60. The van der Waals surface area contributed by atoms with E-state index in [-0.39, 0.29) is 23.4 Å². The average Bonchev–Trinajstić information content (AvgIpc) is 3.02. The van der Waals surface area contributed by atoms with Crippen molar-refractivity contribution in [3.05, 3.63) is 42.5 Å². The zero-order chi connectivity index (χ0) is 15.9. The van der Waals surface area contributed by atoms with Crippen molar-refractivity contribution in [1.82, 2.24) is 9.55 Å². The molecule has 8 heteroatoms. The van der Waals surface area contributed by atoms with Gasteiger partial charge in [-0.2, -0.15) is 0 Å². The molecular formula is C14H16N4O3S. The number of rotatable bonds is 3. The fourth-order valence-electron chi connectivity index (χ4n) is 2.78. The van der Waals surface area contributed by atoms with Gasteiger partial charge in [0.05, 0.1) is 11.2 Å². The van der Waals surface area contributed by atoms with Crippen LogP contribution in [0.3, 0.4) is 0 Å². The molecule has 1 unspecified atom stereocenters. The number of primary sulfonamides is 1. The molecule has 2 aromatic rings. The lowest BCUT2D eigenvalue weighted by Gasteiger charge is -2.23. The Kier molecular flexibility index (Phi) is 3.50. The second-order valence-corrected chi connectivity index (χ2v) is 6.95. The topological polar surface area (TPSA) is 98.3 Å². The second-order valence-electron chi connectivity index (χ2n) is 5.39. The molecule has 1 amide bonds. The van der Waals surface area contributed by atoms with Gasteiger partial charge in [0.2, 0.25) is 15.9 Å². The molecule has 0 fully saturated rings. The molecule has 1 aliphatic rings. The van der Waals surface area contributed by atoms with Crippen molar-refractivity contribution in [2.75, 3.05) is 4.90 Å². The highest BCUT2D eigenvalue weighted by molar-refractivity contribution is 7.89. The van der Waals surface area contributed by atoms with E-state index in [4.69, 9.17) is 5.14 Å². The van der Waals surface area contributed by atoms with Crippen LogP contribution in [0.4, 0.5) is 5.69 Å². The molecule has 116 valence electrons. The molecule has 0 saturated heterocycles. The number of nitrogens with two attached hydrogens (primary N) is 1. The zero-order valence-corrected chi connectivity index (χ0v) is 12.8. The minimum atomic E-state index is -3.74. The lowest BCUT2D eigenvalue weighted by Crippen LogP contribution is -2.37. The number of fused-ring (bicyclic) bond motifs is 1. The van der Waals surface area contributed by atoms with Crippen LogP contribution < -0.4 is 10.0 Å². The monoisotopic (exact) mass is 320 g/mol. The van der Waals surface area contributed by atoms with Gasteiger partial charge < -0.3 is 9.47 Å². The molecule has 1 aromatic carbocycles. The highest BCUT2D eigenvalue weighted by Crippen LogP contribution is 2.33. The van der Waals surface area contributed by atoms with E-state index in [1.54, 1.807) is 40.3 Å². The van der Waals surface area contributed by atoms with Crippen LogP contribution in [-0.4, -0.2) is 29.9 Å².